The zero-order valence-electron chi connectivity index (χ0n) is 10.1. The Balaban J connectivity index is 2.86. The van der Waals surface area contributed by atoms with E-state index in [1.54, 1.807) is 6.20 Å². The minimum Gasteiger partial charge on any atom is -0.362 e. The maximum absolute atomic E-state index is 5.88. The van der Waals surface area contributed by atoms with Gasteiger partial charge in [0.2, 0.25) is 0 Å². The number of aryl methyl sites for hydroxylation is 2. The van der Waals surface area contributed by atoms with Crippen LogP contribution in [0.5, 0.6) is 0 Å². The van der Waals surface area contributed by atoms with Gasteiger partial charge in [-0.15, -0.1) is 0 Å². The van der Waals surface area contributed by atoms with Crippen LogP contribution in [-0.2, 0) is 0 Å². The summed E-state index contributed by atoms with van der Waals surface area (Å²) in [5, 5.41) is 3.29. The van der Waals surface area contributed by atoms with E-state index >= 15 is 0 Å². The summed E-state index contributed by atoms with van der Waals surface area (Å²) in [5.74, 6) is 0.778. The van der Waals surface area contributed by atoms with Gasteiger partial charge in [0.15, 0.2) is 0 Å². The summed E-state index contributed by atoms with van der Waals surface area (Å²) in [4.78, 5) is 8.67. The first-order chi connectivity index (χ1) is 6.83. The molecule has 0 aliphatic heterocycles. The molecule has 1 aromatic heterocycles. The van der Waals surface area contributed by atoms with E-state index in [0.717, 1.165) is 17.2 Å². The predicted octanol–water partition coefficient (Wildman–Crippen LogP) is 1.63. The molecule has 0 amide bonds. The summed E-state index contributed by atoms with van der Waals surface area (Å²) in [7, 11) is 0. The van der Waals surface area contributed by atoms with Crippen molar-refractivity contribution in [3.63, 3.8) is 0 Å². The van der Waals surface area contributed by atoms with Gasteiger partial charge in [0, 0.05) is 11.6 Å². The SMILES string of the molecule is Cc1ncc(NC(C)(C)C(C)N)nc1C. The van der Waals surface area contributed by atoms with Gasteiger partial charge >= 0.3 is 0 Å². The fourth-order valence-corrected chi connectivity index (χ4v) is 1.05. The molecule has 1 unspecified atom stereocenters. The van der Waals surface area contributed by atoms with Crippen molar-refractivity contribution >= 4 is 5.82 Å². The van der Waals surface area contributed by atoms with Crippen LogP contribution in [0.15, 0.2) is 6.20 Å². The lowest BCUT2D eigenvalue weighted by molar-refractivity contribution is 0.468. The summed E-state index contributed by atoms with van der Waals surface area (Å²) in [5.41, 5.74) is 7.59. The Bertz CT molecular complexity index is 344. The van der Waals surface area contributed by atoms with Crippen LogP contribution in [0, 0.1) is 13.8 Å². The van der Waals surface area contributed by atoms with Crippen LogP contribution in [0.25, 0.3) is 0 Å². The highest BCUT2D eigenvalue weighted by molar-refractivity contribution is 5.36. The molecule has 0 bridgehead atoms. The Morgan fingerprint density at radius 3 is 2.40 bits per heavy atom. The summed E-state index contributed by atoms with van der Waals surface area (Å²) < 4.78 is 0. The highest BCUT2D eigenvalue weighted by Crippen LogP contribution is 2.15. The van der Waals surface area contributed by atoms with E-state index in [0.29, 0.717) is 0 Å². The van der Waals surface area contributed by atoms with Gasteiger partial charge in [0.05, 0.1) is 17.6 Å². The van der Waals surface area contributed by atoms with Crippen LogP contribution in [0.2, 0.25) is 0 Å². The van der Waals surface area contributed by atoms with E-state index in [4.69, 9.17) is 5.73 Å². The van der Waals surface area contributed by atoms with E-state index < -0.39 is 0 Å². The van der Waals surface area contributed by atoms with E-state index in [1.807, 2.05) is 20.8 Å². The highest BCUT2D eigenvalue weighted by Gasteiger charge is 2.22. The lowest BCUT2D eigenvalue weighted by atomic mass is 9.97. The second-order valence-electron chi connectivity index (χ2n) is 4.56. The van der Waals surface area contributed by atoms with Crippen molar-refractivity contribution < 1.29 is 0 Å². The minimum atomic E-state index is -0.184. The normalized spacial score (nSPS) is 13.7. The van der Waals surface area contributed by atoms with Crippen molar-refractivity contribution in [3.05, 3.63) is 17.6 Å². The standard InChI is InChI=1S/C11H20N4/c1-7-8(2)14-10(6-13-7)15-11(4,5)9(3)12/h6,9H,12H2,1-5H3,(H,14,15). The molecule has 15 heavy (non-hydrogen) atoms. The molecular formula is C11H20N4. The summed E-state index contributed by atoms with van der Waals surface area (Å²) in [6.45, 7) is 9.97. The van der Waals surface area contributed by atoms with Crippen LogP contribution in [0.4, 0.5) is 5.82 Å². The molecular weight excluding hydrogens is 188 g/mol. The first-order valence-corrected chi connectivity index (χ1v) is 5.17. The van der Waals surface area contributed by atoms with Crippen molar-refractivity contribution in [2.24, 2.45) is 5.73 Å². The number of aromatic nitrogens is 2. The van der Waals surface area contributed by atoms with Crippen LogP contribution in [0.1, 0.15) is 32.2 Å². The molecule has 0 spiro atoms. The molecule has 4 heteroatoms. The molecule has 0 radical (unpaired) electrons. The Labute approximate surface area is 91.3 Å². The Kier molecular flexibility index (Phi) is 3.29. The van der Waals surface area contributed by atoms with E-state index in [9.17, 15) is 0 Å². The van der Waals surface area contributed by atoms with Gasteiger partial charge < -0.3 is 11.1 Å². The average Bonchev–Trinajstić information content (AvgIpc) is 2.10. The highest BCUT2D eigenvalue weighted by atomic mass is 15.1. The molecule has 0 fully saturated rings. The molecule has 0 saturated carbocycles. The Morgan fingerprint density at radius 2 is 1.93 bits per heavy atom. The zero-order chi connectivity index (χ0) is 11.6. The molecule has 1 rings (SSSR count). The number of anilines is 1. The molecule has 0 aliphatic carbocycles. The number of nitrogens with zero attached hydrogens (tertiary/aromatic N) is 2. The van der Waals surface area contributed by atoms with Gasteiger partial charge in [-0.1, -0.05) is 0 Å². The molecule has 1 aromatic rings. The van der Waals surface area contributed by atoms with E-state index in [2.05, 4.69) is 29.1 Å². The summed E-state index contributed by atoms with van der Waals surface area (Å²) >= 11 is 0. The number of hydrogen-bond donors (Lipinski definition) is 2. The van der Waals surface area contributed by atoms with Gasteiger partial charge in [-0.3, -0.25) is 4.98 Å². The number of hydrogen-bond acceptors (Lipinski definition) is 4. The van der Waals surface area contributed by atoms with Gasteiger partial charge in [0.1, 0.15) is 5.82 Å². The number of nitrogens with two attached hydrogens (primary N) is 1. The molecule has 0 aliphatic rings. The average molecular weight is 208 g/mol. The Hall–Kier alpha value is -1.16. The smallest absolute Gasteiger partial charge is 0.145 e. The minimum absolute atomic E-state index is 0.0425. The third-order valence-electron chi connectivity index (χ3n) is 2.78. The summed E-state index contributed by atoms with van der Waals surface area (Å²) in [6.07, 6.45) is 1.74. The van der Waals surface area contributed by atoms with Crippen molar-refractivity contribution in [3.8, 4) is 0 Å². The second-order valence-corrected chi connectivity index (χ2v) is 4.56. The molecule has 3 N–H and O–H groups in total. The fourth-order valence-electron chi connectivity index (χ4n) is 1.05. The molecule has 1 atom stereocenters. The first kappa shape index (κ1) is 11.9. The lowest BCUT2D eigenvalue weighted by Gasteiger charge is -2.30. The van der Waals surface area contributed by atoms with Crippen LogP contribution < -0.4 is 11.1 Å². The molecule has 0 aromatic carbocycles. The maximum Gasteiger partial charge on any atom is 0.145 e. The number of rotatable bonds is 3. The third-order valence-corrected chi connectivity index (χ3v) is 2.78. The topological polar surface area (TPSA) is 63.8 Å². The third kappa shape index (κ3) is 2.89. The van der Waals surface area contributed by atoms with Crippen molar-refractivity contribution in [1.82, 2.24) is 9.97 Å². The Morgan fingerprint density at radius 1 is 1.33 bits per heavy atom. The predicted molar refractivity (Wildman–Crippen MR) is 62.9 cm³/mol. The largest absolute Gasteiger partial charge is 0.362 e. The molecule has 4 nitrogen and oxygen atoms in total. The fraction of sp³-hybridized carbons (Fsp3) is 0.636. The molecule has 0 saturated heterocycles. The van der Waals surface area contributed by atoms with Gasteiger partial charge in [0.25, 0.3) is 0 Å². The van der Waals surface area contributed by atoms with Crippen molar-refractivity contribution in [1.29, 1.82) is 0 Å². The van der Waals surface area contributed by atoms with Gasteiger partial charge in [-0.25, -0.2) is 4.98 Å². The molecule has 84 valence electrons. The van der Waals surface area contributed by atoms with Crippen molar-refractivity contribution in [2.45, 2.75) is 46.2 Å². The zero-order valence-corrected chi connectivity index (χ0v) is 10.1. The van der Waals surface area contributed by atoms with Crippen molar-refractivity contribution in [2.75, 3.05) is 5.32 Å². The molecule has 1 heterocycles. The second kappa shape index (κ2) is 4.14. The van der Waals surface area contributed by atoms with Crippen LogP contribution in [0.3, 0.4) is 0 Å². The maximum atomic E-state index is 5.88. The first-order valence-electron chi connectivity index (χ1n) is 5.17. The quantitative estimate of drug-likeness (QED) is 0.792. The van der Waals surface area contributed by atoms with E-state index in [-0.39, 0.29) is 11.6 Å². The number of nitrogens with one attached hydrogen (secondary N) is 1. The van der Waals surface area contributed by atoms with Crippen LogP contribution >= 0.6 is 0 Å². The monoisotopic (exact) mass is 208 g/mol. The van der Waals surface area contributed by atoms with E-state index in [1.165, 1.54) is 0 Å². The summed E-state index contributed by atoms with van der Waals surface area (Å²) in [6, 6.07) is 0.0425. The lowest BCUT2D eigenvalue weighted by Crippen LogP contribution is -2.47. The van der Waals surface area contributed by atoms with Crippen LogP contribution in [-0.4, -0.2) is 21.5 Å². The van der Waals surface area contributed by atoms with Gasteiger partial charge in [-0.2, -0.15) is 0 Å². The van der Waals surface area contributed by atoms with Gasteiger partial charge in [-0.05, 0) is 34.6 Å².